The second-order valence-corrected chi connectivity index (χ2v) is 8.34. The van der Waals surface area contributed by atoms with Crippen LogP contribution in [0, 0.1) is 17.0 Å². The molecule has 0 saturated carbocycles. The van der Waals surface area contributed by atoms with Crippen LogP contribution in [-0.2, 0) is 16.4 Å². The van der Waals surface area contributed by atoms with Crippen molar-refractivity contribution in [3.05, 3.63) is 45.8 Å². The molecule has 0 spiro atoms. The predicted molar refractivity (Wildman–Crippen MR) is 94.9 cm³/mol. The number of nitro benzene ring substituents is 1. The fourth-order valence-electron chi connectivity index (χ4n) is 3.11. The fourth-order valence-corrected chi connectivity index (χ4v) is 3.96. The van der Waals surface area contributed by atoms with E-state index in [0.29, 0.717) is 38.4 Å². The Balaban J connectivity index is 1.78. The van der Waals surface area contributed by atoms with Crippen molar-refractivity contribution in [3.63, 3.8) is 0 Å². The maximum Gasteiger partial charge on any atom is 0.311 e. The Morgan fingerprint density at radius 3 is 2.50 bits per heavy atom. The molecule has 0 bridgehead atoms. The molecule has 0 radical (unpaired) electrons. The minimum Gasteiger partial charge on any atom is -0.363 e. The SMILES string of the molecule is Cc1cc(CN2CCN(c3cccc(S(C)(=O)=O)c3[N+](=O)[O-])CC2)on1. The van der Waals surface area contributed by atoms with E-state index in [1.165, 1.54) is 6.07 Å². The van der Waals surface area contributed by atoms with Gasteiger partial charge in [-0.15, -0.1) is 0 Å². The molecule has 1 aromatic carbocycles. The summed E-state index contributed by atoms with van der Waals surface area (Å²) in [5.41, 5.74) is 0.814. The Kier molecular flexibility index (Phi) is 4.97. The van der Waals surface area contributed by atoms with Gasteiger partial charge in [0.25, 0.3) is 0 Å². The molecule has 0 amide bonds. The molecule has 3 rings (SSSR count). The van der Waals surface area contributed by atoms with Gasteiger partial charge in [0.05, 0.1) is 17.2 Å². The van der Waals surface area contributed by atoms with E-state index in [0.717, 1.165) is 17.7 Å². The highest BCUT2D eigenvalue weighted by molar-refractivity contribution is 7.90. The lowest BCUT2D eigenvalue weighted by Gasteiger charge is -2.35. The van der Waals surface area contributed by atoms with Gasteiger partial charge < -0.3 is 9.42 Å². The van der Waals surface area contributed by atoms with E-state index in [-0.39, 0.29) is 10.6 Å². The molecule has 1 aromatic heterocycles. The molecule has 0 unspecified atom stereocenters. The van der Waals surface area contributed by atoms with Crippen LogP contribution < -0.4 is 4.90 Å². The van der Waals surface area contributed by atoms with Crippen LogP contribution in [0.5, 0.6) is 0 Å². The third kappa shape index (κ3) is 3.86. The number of nitro groups is 1. The zero-order valence-electron chi connectivity index (χ0n) is 14.6. The van der Waals surface area contributed by atoms with Crippen molar-refractivity contribution in [1.82, 2.24) is 10.1 Å². The Morgan fingerprint density at radius 2 is 1.96 bits per heavy atom. The maximum atomic E-state index is 11.9. The maximum absolute atomic E-state index is 11.9. The highest BCUT2D eigenvalue weighted by atomic mass is 32.2. The van der Waals surface area contributed by atoms with Crippen LogP contribution in [0.3, 0.4) is 0 Å². The van der Waals surface area contributed by atoms with Gasteiger partial charge in [0.2, 0.25) is 0 Å². The first-order chi connectivity index (χ1) is 12.3. The van der Waals surface area contributed by atoms with Gasteiger partial charge in [0.1, 0.15) is 10.6 Å². The summed E-state index contributed by atoms with van der Waals surface area (Å²) in [6.07, 6.45) is 0.983. The van der Waals surface area contributed by atoms with Crippen LogP contribution in [0.4, 0.5) is 11.4 Å². The topological polar surface area (TPSA) is 110 Å². The first-order valence-electron chi connectivity index (χ1n) is 8.12. The van der Waals surface area contributed by atoms with Crippen molar-refractivity contribution < 1.29 is 17.9 Å². The molecule has 1 fully saturated rings. The van der Waals surface area contributed by atoms with Gasteiger partial charge in [-0.2, -0.15) is 0 Å². The van der Waals surface area contributed by atoms with Crippen LogP contribution in [0.1, 0.15) is 11.5 Å². The Hall–Kier alpha value is -2.46. The van der Waals surface area contributed by atoms with E-state index in [2.05, 4.69) is 10.1 Å². The molecule has 1 aliphatic rings. The molecular formula is C16H20N4O5S. The molecule has 2 aromatic rings. The van der Waals surface area contributed by atoms with Crippen molar-refractivity contribution in [2.45, 2.75) is 18.4 Å². The molecule has 9 nitrogen and oxygen atoms in total. The number of nitrogens with zero attached hydrogens (tertiary/aromatic N) is 4. The molecule has 0 N–H and O–H groups in total. The summed E-state index contributed by atoms with van der Waals surface area (Å²) in [6.45, 7) is 4.96. The lowest BCUT2D eigenvalue weighted by atomic mass is 10.2. The number of anilines is 1. The Labute approximate surface area is 151 Å². The second-order valence-electron chi connectivity index (χ2n) is 6.35. The third-order valence-corrected chi connectivity index (χ3v) is 5.46. The Bertz CT molecular complexity index is 916. The van der Waals surface area contributed by atoms with E-state index in [1.54, 1.807) is 12.1 Å². The van der Waals surface area contributed by atoms with Gasteiger partial charge in [-0.25, -0.2) is 8.42 Å². The number of benzene rings is 1. The third-order valence-electron chi connectivity index (χ3n) is 4.33. The number of sulfone groups is 1. The largest absolute Gasteiger partial charge is 0.363 e. The normalized spacial score (nSPS) is 16.0. The summed E-state index contributed by atoms with van der Waals surface area (Å²) in [4.78, 5) is 14.7. The minimum atomic E-state index is -3.69. The predicted octanol–water partition coefficient (Wildman–Crippen LogP) is 1.62. The molecule has 1 aliphatic heterocycles. The fraction of sp³-hybridized carbons (Fsp3) is 0.438. The van der Waals surface area contributed by atoms with Crippen molar-refractivity contribution in [2.24, 2.45) is 0 Å². The highest BCUT2D eigenvalue weighted by Crippen LogP contribution is 2.35. The van der Waals surface area contributed by atoms with Gasteiger partial charge in [-0.05, 0) is 19.1 Å². The molecule has 10 heteroatoms. The number of hydrogen-bond acceptors (Lipinski definition) is 8. The highest BCUT2D eigenvalue weighted by Gasteiger charge is 2.30. The van der Waals surface area contributed by atoms with Crippen molar-refractivity contribution in [3.8, 4) is 0 Å². The summed E-state index contributed by atoms with van der Waals surface area (Å²) in [5, 5.41) is 15.4. The van der Waals surface area contributed by atoms with E-state index < -0.39 is 14.8 Å². The molecule has 2 heterocycles. The smallest absolute Gasteiger partial charge is 0.311 e. The van der Waals surface area contributed by atoms with Crippen LogP contribution in [0.2, 0.25) is 0 Å². The van der Waals surface area contributed by atoms with Crippen LogP contribution in [0.25, 0.3) is 0 Å². The zero-order valence-corrected chi connectivity index (χ0v) is 15.4. The summed E-state index contributed by atoms with van der Waals surface area (Å²) in [6, 6.07) is 6.30. The van der Waals surface area contributed by atoms with E-state index in [9.17, 15) is 18.5 Å². The lowest BCUT2D eigenvalue weighted by Crippen LogP contribution is -2.46. The first kappa shape index (κ1) is 18.3. The number of rotatable bonds is 5. The molecule has 140 valence electrons. The molecule has 1 saturated heterocycles. The van der Waals surface area contributed by atoms with Gasteiger partial charge >= 0.3 is 5.69 Å². The standard InChI is InChI=1S/C16H20N4O5S/c1-12-10-13(25-17-12)11-18-6-8-19(9-7-18)14-4-3-5-15(26(2,23)24)16(14)20(21)22/h3-5,10H,6-9,11H2,1-2H3. The van der Waals surface area contributed by atoms with E-state index in [1.807, 2.05) is 17.9 Å². The zero-order chi connectivity index (χ0) is 18.9. The number of hydrogen-bond donors (Lipinski definition) is 0. The number of aryl methyl sites for hydroxylation is 1. The second kappa shape index (κ2) is 7.04. The molecule has 0 aliphatic carbocycles. The van der Waals surface area contributed by atoms with Crippen LogP contribution in [-0.4, -0.2) is 55.8 Å². The average Bonchev–Trinajstić information content (AvgIpc) is 2.99. The van der Waals surface area contributed by atoms with Crippen molar-refractivity contribution in [2.75, 3.05) is 37.3 Å². The monoisotopic (exact) mass is 380 g/mol. The van der Waals surface area contributed by atoms with Crippen molar-refractivity contribution in [1.29, 1.82) is 0 Å². The van der Waals surface area contributed by atoms with Crippen LogP contribution in [0.15, 0.2) is 33.7 Å². The summed E-state index contributed by atoms with van der Waals surface area (Å²) >= 11 is 0. The van der Waals surface area contributed by atoms with E-state index in [4.69, 9.17) is 4.52 Å². The summed E-state index contributed by atoms with van der Waals surface area (Å²) in [7, 11) is -3.69. The average molecular weight is 380 g/mol. The minimum absolute atomic E-state index is 0.250. The summed E-state index contributed by atoms with van der Waals surface area (Å²) < 4.78 is 29.0. The molecule has 0 atom stereocenters. The van der Waals surface area contributed by atoms with Crippen molar-refractivity contribution >= 4 is 21.2 Å². The summed E-state index contributed by atoms with van der Waals surface area (Å²) in [5.74, 6) is 0.779. The number of para-hydroxylation sites is 1. The quantitative estimate of drug-likeness (QED) is 0.568. The van der Waals surface area contributed by atoms with E-state index >= 15 is 0 Å². The van der Waals surface area contributed by atoms with Crippen LogP contribution >= 0.6 is 0 Å². The first-order valence-corrected chi connectivity index (χ1v) is 10.0. The lowest BCUT2D eigenvalue weighted by molar-refractivity contribution is -0.387. The Morgan fingerprint density at radius 1 is 1.27 bits per heavy atom. The molecule has 26 heavy (non-hydrogen) atoms. The van der Waals surface area contributed by atoms with Gasteiger partial charge in [-0.1, -0.05) is 11.2 Å². The van der Waals surface area contributed by atoms with Gasteiger partial charge in [-0.3, -0.25) is 15.0 Å². The number of piperazine rings is 1. The van der Waals surface area contributed by atoms with Gasteiger partial charge in [0.15, 0.2) is 15.6 Å². The van der Waals surface area contributed by atoms with Gasteiger partial charge in [0, 0.05) is 38.5 Å². The number of aromatic nitrogens is 1. The molecular weight excluding hydrogens is 360 g/mol.